The van der Waals surface area contributed by atoms with Crippen molar-refractivity contribution >= 4 is 22.8 Å². The van der Waals surface area contributed by atoms with Gasteiger partial charge in [-0.05, 0) is 25.9 Å². The Kier molecular flexibility index (Phi) is 3.41. The number of H-pyrrole nitrogens is 1. The van der Waals surface area contributed by atoms with Crippen LogP contribution < -0.4 is 16.2 Å². The minimum atomic E-state index is 0.395. The molecular formula is C12H20N8. The number of rotatable bonds is 4. The summed E-state index contributed by atoms with van der Waals surface area (Å²) in [6, 6.07) is 0. The average molecular weight is 276 g/mol. The highest BCUT2D eigenvalue weighted by Crippen LogP contribution is 2.25. The molecule has 0 radical (unpaired) electrons. The Hall–Kier alpha value is -1.93. The van der Waals surface area contributed by atoms with Crippen molar-refractivity contribution in [1.82, 2.24) is 25.1 Å². The number of nitrogens with one attached hydrogen (secondary N) is 2. The van der Waals surface area contributed by atoms with Crippen LogP contribution in [0.3, 0.4) is 0 Å². The number of nitrogens with zero attached hydrogens (tertiary/aromatic N) is 5. The Labute approximate surface area is 117 Å². The molecule has 8 nitrogen and oxygen atoms in total. The normalized spacial score (nSPS) is 19.6. The zero-order valence-electron chi connectivity index (χ0n) is 11.8. The fourth-order valence-electron chi connectivity index (χ4n) is 2.82. The molecule has 1 aliphatic rings. The number of nitrogen functional groups attached to an aromatic ring is 1. The summed E-state index contributed by atoms with van der Waals surface area (Å²) in [5.74, 6) is 7.34. The highest BCUT2D eigenvalue weighted by molar-refractivity contribution is 5.87. The van der Waals surface area contributed by atoms with Gasteiger partial charge in [-0.2, -0.15) is 15.1 Å². The molecule has 8 heteroatoms. The maximum atomic E-state index is 5.43. The number of hydrazine groups is 1. The van der Waals surface area contributed by atoms with Crippen LogP contribution in [0.5, 0.6) is 0 Å². The molecule has 1 unspecified atom stereocenters. The van der Waals surface area contributed by atoms with Crippen LogP contribution in [0.2, 0.25) is 0 Å². The zero-order chi connectivity index (χ0) is 14.1. The van der Waals surface area contributed by atoms with Gasteiger partial charge in [-0.25, -0.2) is 5.84 Å². The van der Waals surface area contributed by atoms with E-state index in [1.165, 1.54) is 13.0 Å². The van der Waals surface area contributed by atoms with Crippen LogP contribution in [0.25, 0.3) is 11.0 Å². The van der Waals surface area contributed by atoms with Crippen molar-refractivity contribution in [3.63, 3.8) is 0 Å². The van der Waals surface area contributed by atoms with Crippen LogP contribution in [0.1, 0.15) is 6.42 Å². The number of likely N-dealkylation sites (tertiary alicyclic amines) is 1. The van der Waals surface area contributed by atoms with E-state index in [2.05, 4.69) is 42.4 Å². The average Bonchev–Trinajstić information content (AvgIpc) is 3.06. The lowest BCUT2D eigenvalue weighted by atomic mass is 10.1. The van der Waals surface area contributed by atoms with E-state index in [0.717, 1.165) is 24.3 Å². The molecule has 4 N–H and O–H groups in total. The summed E-state index contributed by atoms with van der Waals surface area (Å²) in [6.45, 7) is 3.26. The maximum Gasteiger partial charge on any atom is 0.241 e. The van der Waals surface area contributed by atoms with E-state index in [4.69, 9.17) is 5.84 Å². The van der Waals surface area contributed by atoms with Gasteiger partial charge >= 0.3 is 0 Å². The maximum absolute atomic E-state index is 5.43. The van der Waals surface area contributed by atoms with Crippen molar-refractivity contribution in [2.45, 2.75) is 6.42 Å². The van der Waals surface area contributed by atoms with E-state index in [0.29, 0.717) is 17.5 Å². The summed E-state index contributed by atoms with van der Waals surface area (Å²) < 4.78 is 0. The first-order chi connectivity index (χ1) is 9.67. The van der Waals surface area contributed by atoms with Gasteiger partial charge < -0.3 is 9.80 Å². The molecule has 0 aromatic carbocycles. The van der Waals surface area contributed by atoms with Crippen molar-refractivity contribution in [1.29, 1.82) is 0 Å². The molecule has 0 spiro atoms. The predicted octanol–water partition coefficient (Wildman–Crippen LogP) is 0.0264. The summed E-state index contributed by atoms with van der Waals surface area (Å²) in [7, 11) is 4.21. The van der Waals surface area contributed by atoms with Gasteiger partial charge in [-0.1, -0.05) is 0 Å². The number of hydrogen-bond acceptors (Lipinski definition) is 7. The highest BCUT2D eigenvalue weighted by Gasteiger charge is 2.22. The largest absolute Gasteiger partial charge is 0.359 e. The molecule has 20 heavy (non-hydrogen) atoms. The molecule has 0 bridgehead atoms. The number of hydrogen-bond donors (Lipinski definition) is 3. The van der Waals surface area contributed by atoms with E-state index in [1.807, 2.05) is 7.05 Å². The van der Waals surface area contributed by atoms with Crippen LogP contribution in [0.4, 0.5) is 11.8 Å². The molecular weight excluding hydrogens is 256 g/mol. The lowest BCUT2D eigenvalue weighted by molar-refractivity contribution is 0.396. The van der Waals surface area contributed by atoms with Gasteiger partial charge in [-0.15, -0.1) is 0 Å². The number of aromatic nitrogens is 4. The van der Waals surface area contributed by atoms with Gasteiger partial charge in [0.15, 0.2) is 5.65 Å². The van der Waals surface area contributed by atoms with Gasteiger partial charge in [0.25, 0.3) is 0 Å². The molecule has 2 aromatic rings. The summed E-state index contributed by atoms with van der Waals surface area (Å²) in [4.78, 5) is 13.2. The lowest BCUT2D eigenvalue weighted by Crippen LogP contribution is -2.28. The molecule has 2 aromatic heterocycles. The second kappa shape index (κ2) is 5.22. The molecule has 0 aliphatic carbocycles. The molecule has 3 heterocycles. The molecule has 1 saturated heterocycles. The Bertz CT molecular complexity index is 594. The van der Waals surface area contributed by atoms with Gasteiger partial charge in [0.05, 0.1) is 11.6 Å². The van der Waals surface area contributed by atoms with E-state index < -0.39 is 0 Å². The molecule has 3 rings (SSSR count). The minimum Gasteiger partial charge on any atom is -0.359 e. The quantitative estimate of drug-likeness (QED) is 0.535. The van der Waals surface area contributed by atoms with Crippen molar-refractivity contribution in [3.8, 4) is 0 Å². The van der Waals surface area contributed by atoms with Crippen LogP contribution >= 0.6 is 0 Å². The lowest BCUT2D eigenvalue weighted by Gasteiger charge is -2.22. The Morgan fingerprint density at radius 1 is 1.55 bits per heavy atom. The first-order valence-corrected chi connectivity index (χ1v) is 6.75. The summed E-state index contributed by atoms with van der Waals surface area (Å²) in [5, 5.41) is 7.81. The fourth-order valence-corrected chi connectivity index (χ4v) is 2.82. The molecule has 0 amide bonds. The van der Waals surface area contributed by atoms with E-state index in [1.54, 1.807) is 6.20 Å². The third kappa shape index (κ3) is 2.39. The molecule has 1 aliphatic heterocycles. The fraction of sp³-hybridized carbons (Fsp3) is 0.583. The first-order valence-electron chi connectivity index (χ1n) is 6.75. The van der Waals surface area contributed by atoms with Gasteiger partial charge in [0, 0.05) is 20.1 Å². The standard InChI is InChI=1S/C12H20N8/c1-19-4-3-8(6-19)7-20(2)11-9-5-14-18-10(9)15-12(16-11)17-13/h5,8H,3-4,6-7,13H2,1-2H3,(H2,14,15,16,17,18). The van der Waals surface area contributed by atoms with Crippen LogP contribution in [-0.4, -0.2) is 58.8 Å². The minimum absolute atomic E-state index is 0.395. The van der Waals surface area contributed by atoms with E-state index >= 15 is 0 Å². The van der Waals surface area contributed by atoms with Gasteiger partial charge in [0.1, 0.15) is 5.82 Å². The molecule has 0 saturated carbocycles. The number of aromatic amines is 1. The van der Waals surface area contributed by atoms with Crippen molar-refractivity contribution in [2.75, 3.05) is 44.1 Å². The van der Waals surface area contributed by atoms with E-state index in [-0.39, 0.29) is 0 Å². The smallest absolute Gasteiger partial charge is 0.241 e. The second-order valence-corrected chi connectivity index (χ2v) is 5.44. The van der Waals surface area contributed by atoms with Crippen LogP contribution in [-0.2, 0) is 0 Å². The topological polar surface area (TPSA) is 99.0 Å². The Morgan fingerprint density at radius 2 is 2.40 bits per heavy atom. The number of fused-ring (bicyclic) bond motifs is 1. The van der Waals surface area contributed by atoms with Gasteiger partial charge in [-0.3, -0.25) is 10.5 Å². The van der Waals surface area contributed by atoms with Crippen molar-refractivity contribution in [3.05, 3.63) is 6.20 Å². The van der Waals surface area contributed by atoms with Crippen molar-refractivity contribution < 1.29 is 0 Å². The Balaban J connectivity index is 1.86. The molecule has 1 fully saturated rings. The first kappa shape index (κ1) is 13.1. The van der Waals surface area contributed by atoms with Crippen LogP contribution in [0, 0.1) is 5.92 Å². The third-order valence-electron chi connectivity index (χ3n) is 3.80. The second-order valence-electron chi connectivity index (χ2n) is 5.44. The van der Waals surface area contributed by atoms with Crippen LogP contribution in [0.15, 0.2) is 6.20 Å². The monoisotopic (exact) mass is 276 g/mol. The number of anilines is 2. The van der Waals surface area contributed by atoms with E-state index in [9.17, 15) is 0 Å². The van der Waals surface area contributed by atoms with Gasteiger partial charge in [0.2, 0.25) is 5.95 Å². The summed E-state index contributed by atoms with van der Waals surface area (Å²) in [5.41, 5.74) is 3.19. The summed E-state index contributed by atoms with van der Waals surface area (Å²) in [6.07, 6.45) is 2.98. The predicted molar refractivity (Wildman–Crippen MR) is 78.4 cm³/mol. The molecule has 108 valence electrons. The SMILES string of the molecule is CN1CCC(CN(C)c2nc(NN)nc3[nH]ncc23)C1. The van der Waals surface area contributed by atoms with Crippen molar-refractivity contribution in [2.24, 2.45) is 11.8 Å². The highest BCUT2D eigenvalue weighted by atomic mass is 15.3. The number of nitrogens with two attached hydrogens (primary N) is 1. The summed E-state index contributed by atoms with van der Waals surface area (Å²) >= 11 is 0. The third-order valence-corrected chi connectivity index (χ3v) is 3.80. The molecule has 1 atom stereocenters. The Morgan fingerprint density at radius 3 is 3.10 bits per heavy atom. The zero-order valence-corrected chi connectivity index (χ0v) is 11.8.